The van der Waals surface area contributed by atoms with Crippen molar-refractivity contribution in [1.29, 1.82) is 0 Å². The summed E-state index contributed by atoms with van der Waals surface area (Å²) < 4.78 is 6.66. The molecular weight excluding hydrogens is 502 g/mol. The Morgan fingerprint density at radius 2 is 1.82 bits per heavy atom. The number of aromatic nitrogens is 4. The maximum absolute atomic E-state index is 11.4. The third-order valence-electron chi connectivity index (χ3n) is 7.47. The van der Waals surface area contributed by atoms with Gasteiger partial charge in [0.2, 0.25) is 5.95 Å². The van der Waals surface area contributed by atoms with Crippen LogP contribution in [0.4, 0.5) is 5.95 Å². The minimum absolute atomic E-state index is 0.467. The van der Waals surface area contributed by atoms with E-state index < -0.39 is 5.41 Å². The van der Waals surface area contributed by atoms with Gasteiger partial charge in [-0.1, -0.05) is 12.1 Å². The molecule has 0 aliphatic carbocycles. The van der Waals surface area contributed by atoms with Gasteiger partial charge in [-0.3, -0.25) is 14.9 Å². The molecule has 2 aliphatic rings. The van der Waals surface area contributed by atoms with Crippen molar-refractivity contribution in [3.05, 3.63) is 35.3 Å². The van der Waals surface area contributed by atoms with Crippen molar-refractivity contribution >= 4 is 51.0 Å². The number of nitrogens with zero attached hydrogens (tertiary/aromatic N) is 6. The van der Waals surface area contributed by atoms with Crippen molar-refractivity contribution in [1.82, 2.24) is 30.0 Å². The maximum Gasteiger partial charge on any atom is 0.226 e. The summed E-state index contributed by atoms with van der Waals surface area (Å²) in [7, 11) is 0. The average molecular weight is 534 g/mol. The molecule has 1 aromatic carbocycles. The molecule has 1 N–H and O–H groups in total. The molecule has 198 valence electrons. The molecule has 0 atom stereocenters. The number of carbonyl (C=O) groups excluding carboxylic acids is 2. The second-order valence-corrected chi connectivity index (χ2v) is 11.2. The van der Waals surface area contributed by atoms with E-state index in [9.17, 15) is 9.59 Å². The lowest BCUT2D eigenvalue weighted by Crippen LogP contribution is -2.49. The molecule has 0 unspecified atom stereocenters. The van der Waals surface area contributed by atoms with E-state index in [0.29, 0.717) is 19.8 Å². The number of thiophene rings is 1. The van der Waals surface area contributed by atoms with Crippen molar-refractivity contribution in [2.24, 2.45) is 5.41 Å². The number of carbonyl (C=O) groups is 2. The monoisotopic (exact) mass is 533 g/mol. The molecule has 10 nitrogen and oxygen atoms in total. The number of morpholine rings is 1. The number of aldehydes is 2. The van der Waals surface area contributed by atoms with Crippen LogP contribution in [-0.2, 0) is 20.9 Å². The molecule has 6 rings (SSSR count). The van der Waals surface area contributed by atoms with E-state index in [2.05, 4.69) is 36.3 Å². The highest BCUT2D eigenvalue weighted by molar-refractivity contribution is 7.17. The van der Waals surface area contributed by atoms with Crippen molar-refractivity contribution in [2.45, 2.75) is 13.5 Å². The zero-order valence-electron chi connectivity index (χ0n) is 21.4. The Morgan fingerprint density at radius 1 is 1.05 bits per heavy atom. The van der Waals surface area contributed by atoms with Gasteiger partial charge in [0.15, 0.2) is 0 Å². The van der Waals surface area contributed by atoms with Crippen molar-refractivity contribution in [3.63, 3.8) is 0 Å². The first-order valence-electron chi connectivity index (χ1n) is 13.0. The van der Waals surface area contributed by atoms with E-state index in [-0.39, 0.29) is 0 Å². The highest BCUT2D eigenvalue weighted by Crippen LogP contribution is 2.37. The molecule has 0 saturated carbocycles. The Labute approximate surface area is 224 Å². The standard InChI is InChI=1S/C27H31N7O3S/c1-27(17-35,18-36)16-33-7-5-32(6-8-33)14-19-15-38-25-23(19)29-26(34-9-11-37-12-10-34)30-24(25)20-3-2-4-22-21(20)13-28-31-22/h2-4,13,15,17-18H,5-12,14,16H2,1H3,(H,28,31). The predicted octanol–water partition coefficient (Wildman–Crippen LogP) is 2.59. The minimum Gasteiger partial charge on any atom is -0.378 e. The summed E-state index contributed by atoms with van der Waals surface area (Å²) in [4.78, 5) is 39.8. The average Bonchev–Trinajstić information content (AvgIpc) is 3.61. The lowest BCUT2D eigenvalue weighted by atomic mass is 9.94. The van der Waals surface area contributed by atoms with Gasteiger partial charge in [-0.05, 0) is 18.4 Å². The first-order chi connectivity index (χ1) is 18.6. The molecule has 38 heavy (non-hydrogen) atoms. The summed E-state index contributed by atoms with van der Waals surface area (Å²) in [6.07, 6.45) is 3.38. The Hall–Kier alpha value is -3.25. The van der Waals surface area contributed by atoms with Crippen LogP contribution < -0.4 is 4.90 Å². The third kappa shape index (κ3) is 4.82. The molecule has 4 aromatic rings. The summed E-state index contributed by atoms with van der Waals surface area (Å²) in [5.74, 6) is 0.739. The number of fused-ring (bicyclic) bond motifs is 2. The van der Waals surface area contributed by atoms with E-state index in [1.54, 1.807) is 18.3 Å². The summed E-state index contributed by atoms with van der Waals surface area (Å²) in [6.45, 7) is 9.21. The van der Waals surface area contributed by atoms with Crippen molar-refractivity contribution in [2.75, 3.05) is 63.9 Å². The number of benzene rings is 1. The Kier molecular flexibility index (Phi) is 6.91. The quantitative estimate of drug-likeness (QED) is 0.270. The van der Waals surface area contributed by atoms with Crippen LogP contribution in [0.15, 0.2) is 29.8 Å². The molecule has 0 radical (unpaired) electrons. The number of ether oxygens (including phenoxy) is 1. The van der Waals surface area contributed by atoms with E-state index >= 15 is 0 Å². The summed E-state index contributed by atoms with van der Waals surface area (Å²) in [6, 6.07) is 6.17. The number of hydrogen-bond acceptors (Lipinski definition) is 10. The number of piperazine rings is 1. The lowest BCUT2D eigenvalue weighted by Gasteiger charge is -2.36. The van der Waals surface area contributed by atoms with Crippen LogP contribution in [0, 0.1) is 5.41 Å². The van der Waals surface area contributed by atoms with Gasteiger partial charge in [0, 0.05) is 68.9 Å². The fraction of sp³-hybridized carbons (Fsp3) is 0.444. The van der Waals surface area contributed by atoms with E-state index in [1.807, 2.05) is 18.3 Å². The SMILES string of the molecule is CC(C=O)(C=O)CN1CCN(Cc2csc3c(-c4cccc5[nH]ncc45)nc(N4CCOCC4)nc23)CC1. The molecule has 0 spiro atoms. The van der Waals surface area contributed by atoms with Gasteiger partial charge >= 0.3 is 0 Å². The molecule has 11 heteroatoms. The molecule has 2 aliphatic heterocycles. The lowest BCUT2D eigenvalue weighted by molar-refractivity contribution is -0.126. The number of anilines is 1. The molecule has 3 aromatic heterocycles. The zero-order chi connectivity index (χ0) is 26.1. The second kappa shape index (κ2) is 10.5. The van der Waals surface area contributed by atoms with E-state index in [0.717, 1.165) is 96.7 Å². The number of rotatable bonds is 8. The van der Waals surface area contributed by atoms with Gasteiger partial charge in [-0.25, -0.2) is 9.97 Å². The Bertz CT molecular complexity index is 1450. The highest BCUT2D eigenvalue weighted by atomic mass is 32.1. The molecular formula is C27H31N7O3S. The van der Waals surface area contributed by atoms with Gasteiger partial charge in [-0.2, -0.15) is 5.10 Å². The van der Waals surface area contributed by atoms with Crippen LogP contribution in [0.3, 0.4) is 0 Å². The number of H-pyrrole nitrogens is 1. The summed E-state index contributed by atoms with van der Waals surface area (Å²) in [5.41, 5.74) is 4.23. The predicted molar refractivity (Wildman–Crippen MR) is 147 cm³/mol. The van der Waals surface area contributed by atoms with Crippen LogP contribution >= 0.6 is 11.3 Å². The smallest absolute Gasteiger partial charge is 0.226 e. The van der Waals surface area contributed by atoms with Crippen molar-refractivity contribution < 1.29 is 14.3 Å². The number of hydrogen-bond donors (Lipinski definition) is 1. The van der Waals surface area contributed by atoms with Crippen LogP contribution in [0.5, 0.6) is 0 Å². The first-order valence-corrected chi connectivity index (χ1v) is 13.9. The first kappa shape index (κ1) is 25.1. The maximum atomic E-state index is 11.4. The fourth-order valence-corrected chi connectivity index (χ4v) is 6.26. The van der Waals surface area contributed by atoms with Gasteiger partial charge in [0.25, 0.3) is 0 Å². The van der Waals surface area contributed by atoms with Gasteiger partial charge in [0.05, 0.1) is 46.3 Å². The Morgan fingerprint density at radius 3 is 2.58 bits per heavy atom. The topological polar surface area (TPSA) is 108 Å². The second-order valence-electron chi connectivity index (χ2n) is 10.3. The van der Waals surface area contributed by atoms with Crippen LogP contribution in [0.2, 0.25) is 0 Å². The van der Waals surface area contributed by atoms with Crippen LogP contribution in [-0.4, -0.2) is 102 Å². The number of aromatic amines is 1. The highest BCUT2D eigenvalue weighted by Gasteiger charge is 2.29. The number of nitrogens with one attached hydrogen (secondary N) is 1. The van der Waals surface area contributed by atoms with Gasteiger partial charge in [-0.15, -0.1) is 11.3 Å². The van der Waals surface area contributed by atoms with Crippen LogP contribution in [0.25, 0.3) is 32.4 Å². The molecule has 5 heterocycles. The summed E-state index contributed by atoms with van der Waals surface area (Å²) in [5, 5.41) is 10.6. The third-order valence-corrected chi connectivity index (χ3v) is 8.50. The fourth-order valence-electron chi connectivity index (χ4n) is 5.26. The largest absolute Gasteiger partial charge is 0.378 e. The van der Waals surface area contributed by atoms with E-state index in [1.165, 1.54) is 5.56 Å². The zero-order valence-corrected chi connectivity index (χ0v) is 22.2. The molecule has 0 bridgehead atoms. The molecule has 0 amide bonds. The normalized spacial score (nSPS) is 17.9. The van der Waals surface area contributed by atoms with Gasteiger partial charge < -0.3 is 19.2 Å². The van der Waals surface area contributed by atoms with Crippen LogP contribution in [0.1, 0.15) is 12.5 Å². The molecule has 2 saturated heterocycles. The van der Waals surface area contributed by atoms with Gasteiger partial charge in [0.1, 0.15) is 12.6 Å². The van der Waals surface area contributed by atoms with Crippen molar-refractivity contribution in [3.8, 4) is 11.3 Å². The molecule has 2 fully saturated rings. The Balaban J connectivity index is 1.31. The van der Waals surface area contributed by atoms with E-state index in [4.69, 9.17) is 14.7 Å². The summed E-state index contributed by atoms with van der Waals surface area (Å²) >= 11 is 1.69. The minimum atomic E-state index is -0.938.